The predicted molar refractivity (Wildman–Crippen MR) is 45.8 cm³/mol. The van der Waals surface area contributed by atoms with Gasteiger partial charge in [0.15, 0.2) is 11.6 Å². The van der Waals surface area contributed by atoms with Crippen LogP contribution in [0, 0.1) is 5.82 Å². The number of rotatable bonds is 1. The first-order valence-corrected chi connectivity index (χ1v) is 4.02. The van der Waals surface area contributed by atoms with Gasteiger partial charge < -0.3 is 10.6 Å². The molecule has 1 aromatic rings. The summed E-state index contributed by atoms with van der Waals surface area (Å²) in [7, 11) is 0. The van der Waals surface area contributed by atoms with E-state index in [1.807, 2.05) is 0 Å². The second kappa shape index (κ2) is 2.76. The van der Waals surface area contributed by atoms with Gasteiger partial charge in [-0.15, -0.1) is 0 Å². The van der Waals surface area contributed by atoms with Gasteiger partial charge in [-0.1, -0.05) is 0 Å². The maximum atomic E-state index is 13.1. The molecule has 0 atom stereocenters. The van der Waals surface area contributed by atoms with Crippen LogP contribution in [0.5, 0.6) is 0 Å². The molecule has 0 aliphatic carbocycles. The number of nitrogens with two attached hydrogens (primary N) is 1. The molecule has 6 heteroatoms. The molecule has 3 nitrogen and oxygen atoms in total. The topological polar surface area (TPSA) is 42.1 Å². The Morgan fingerprint density at radius 1 is 1.43 bits per heavy atom. The molecule has 0 amide bonds. The van der Waals surface area contributed by atoms with Crippen LogP contribution in [0.15, 0.2) is 12.3 Å². The number of hydrogen-bond acceptors (Lipinski definition) is 3. The lowest BCUT2D eigenvalue weighted by Crippen LogP contribution is -2.57. The standard InChI is InChI=1S/C8H8F3N3/c9-6-1-5(12)2-13-7(6)14-3-8(10,11)4-14/h1-2H,3-4,12H2. The first kappa shape index (κ1) is 9.11. The highest BCUT2D eigenvalue weighted by molar-refractivity contribution is 5.49. The van der Waals surface area contributed by atoms with Crippen molar-refractivity contribution in [2.75, 3.05) is 23.7 Å². The van der Waals surface area contributed by atoms with E-state index < -0.39 is 24.8 Å². The van der Waals surface area contributed by atoms with Gasteiger partial charge >= 0.3 is 0 Å². The van der Waals surface area contributed by atoms with E-state index in [4.69, 9.17) is 5.73 Å². The average Bonchev–Trinajstić information content (AvgIpc) is 2.00. The van der Waals surface area contributed by atoms with E-state index >= 15 is 0 Å². The lowest BCUT2D eigenvalue weighted by Gasteiger charge is -2.39. The number of alkyl halides is 2. The molecule has 0 saturated carbocycles. The van der Waals surface area contributed by atoms with E-state index in [-0.39, 0.29) is 11.5 Å². The monoisotopic (exact) mass is 203 g/mol. The minimum Gasteiger partial charge on any atom is -0.397 e. The van der Waals surface area contributed by atoms with Crippen molar-refractivity contribution in [2.45, 2.75) is 5.92 Å². The third-order valence-corrected chi connectivity index (χ3v) is 1.99. The lowest BCUT2D eigenvalue weighted by molar-refractivity contribution is -0.0270. The van der Waals surface area contributed by atoms with Crippen molar-refractivity contribution in [3.8, 4) is 0 Å². The first-order chi connectivity index (χ1) is 6.48. The first-order valence-electron chi connectivity index (χ1n) is 4.02. The van der Waals surface area contributed by atoms with Gasteiger partial charge in [-0.25, -0.2) is 18.2 Å². The van der Waals surface area contributed by atoms with Gasteiger partial charge in [-0.05, 0) is 0 Å². The Morgan fingerprint density at radius 2 is 2.07 bits per heavy atom. The van der Waals surface area contributed by atoms with Crippen LogP contribution in [0.4, 0.5) is 24.7 Å². The molecule has 0 spiro atoms. The van der Waals surface area contributed by atoms with E-state index in [0.717, 1.165) is 6.07 Å². The Morgan fingerprint density at radius 3 is 2.57 bits per heavy atom. The molecule has 1 aliphatic rings. The number of nitrogens with zero attached hydrogens (tertiary/aromatic N) is 2. The number of anilines is 2. The molecule has 76 valence electrons. The number of hydrogen-bond donors (Lipinski definition) is 1. The number of aromatic nitrogens is 1. The van der Waals surface area contributed by atoms with Crippen LogP contribution in [0.2, 0.25) is 0 Å². The smallest absolute Gasteiger partial charge is 0.282 e. The number of pyridine rings is 1. The molecule has 0 radical (unpaired) electrons. The van der Waals surface area contributed by atoms with E-state index in [2.05, 4.69) is 4.98 Å². The molecular formula is C8H8F3N3. The molecule has 1 fully saturated rings. The van der Waals surface area contributed by atoms with Gasteiger partial charge in [-0.3, -0.25) is 0 Å². The molecule has 0 bridgehead atoms. The molecule has 2 rings (SSSR count). The van der Waals surface area contributed by atoms with Crippen molar-refractivity contribution in [1.29, 1.82) is 0 Å². The van der Waals surface area contributed by atoms with Crippen LogP contribution in [0.1, 0.15) is 0 Å². The molecule has 1 saturated heterocycles. The molecule has 0 aromatic carbocycles. The van der Waals surface area contributed by atoms with Gasteiger partial charge in [0.1, 0.15) is 0 Å². The zero-order valence-electron chi connectivity index (χ0n) is 7.17. The summed E-state index contributed by atoms with van der Waals surface area (Å²) >= 11 is 0. The van der Waals surface area contributed by atoms with Crippen molar-refractivity contribution in [3.63, 3.8) is 0 Å². The summed E-state index contributed by atoms with van der Waals surface area (Å²) in [5.41, 5.74) is 5.45. The molecule has 0 unspecified atom stereocenters. The van der Waals surface area contributed by atoms with Crippen molar-refractivity contribution in [3.05, 3.63) is 18.1 Å². The van der Waals surface area contributed by atoms with Crippen molar-refractivity contribution in [2.24, 2.45) is 0 Å². The summed E-state index contributed by atoms with van der Waals surface area (Å²) in [5, 5.41) is 0. The molecule has 2 heterocycles. The fourth-order valence-electron chi connectivity index (χ4n) is 1.34. The van der Waals surface area contributed by atoms with E-state index in [9.17, 15) is 13.2 Å². The van der Waals surface area contributed by atoms with Gasteiger partial charge in [0.05, 0.1) is 25.0 Å². The minimum atomic E-state index is -2.73. The zero-order valence-corrected chi connectivity index (χ0v) is 7.17. The largest absolute Gasteiger partial charge is 0.397 e. The molecule has 14 heavy (non-hydrogen) atoms. The van der Waals surface area contributed by atoms with Crippen LogP contribution in [0.25, 0.3) is 0 Å². The Bertz CT molecular complexity index is 359. The lowest BCUT2D eigenvalue weighted by atomic mass is 10.1. The normalized spacial score (nSPS) is 19.2. The second-order valence-electron chi connectivity index (χ2n) is 3.29. The quantitative estimate of drug-likeness (QED) is 0.747. The van der Waals surface area contributed by atoms with E-state index in [0.29, 0.717) is 0 Å². The van der Waals surface area contributed by atoms with Crippen LogP contribution < -0.4 is 10.6 Å². The Hall–Kier alpha value is -1.46. The van der Waals surface area contributed by atoms with Crippen LogP contribution in [-0.4, -0.2) is 24.0 Å². The molecular weight excluding hydrogens is 195 g/mol. The Labute approximate surface area is 78.3 Å². The maximum absolute atomic E-state index is 13.1. The highest BCUT2D eigenvalue weighted by Gasteiger charge is 2.45. The van der Waals surface area contributed by atoms with Gasteiger partial charge in [0.2, 0.25) is 0 Å². The fourth-order valence-corrected chi connectivity index (χ4v) is 1.34. The summed E-state index contributed by atoms with van der Waals surface area (Å²) in [6.45, 7) is -0.971. The van der Waals surface area contributed by atoms with Gasteiger partial charge in [0, 0.05) is 6.07 Å². The van der Waals surface area contributed by atoms with Crippen LogP contribution in [-0.2, 0) is 0 Å². The fraction of sp³-hybridized carbons (Fsp3) is 0.375. The van der Waals surface area contributed by atoms with Crippen molar-refractivity contribution in [1.82, 2.24) is 4.98 Å². The van der Waals surface area contributed by atoms with E-state index in [1.165, 1.54) is 11.1 Å². The third-order valence-electron chi connectivity index (χ3n) is 1.99. The number of nitrogen functional groups attached to an aromatic ring is 1. The maximum Gasteiger partial charge on any atom is 0.282 e. The highest BCUT2D eigenvalue weighted by Crippen LogP contribution is 2.32. The summed E-state index contributed by atoms with van der Waals surface area (Å²) in [4.78, 5) is 4.83. The average molecular weight is 203 g/mol. The van der Waals surface area contributed by atoms with Crippen LogP contribution >= 0.6 is 0 Å². The van der Waals surface area contributed by atoms with Gasteiger partial charge in [-0.2, -0.15) is 0 Å². The Kier molecular flexibility index (Phi) is 1.80. The van der Waals surface area contributed by atoms with Crippen LogP contribution in [0.3, 0.4) is 0 Å². The summed E-state index contributed by atoms with van der Waals surface area (Å²) in [5.74, 6) is -3.46. The molecule has 2 N–H and O–H groups in total. The zero-order chi connectivity index (χ0) is 10.3. The summed E-state index contributed by atoms with van der Waals surface area (Å²) in [6.07, 6.45) is 1.24. The SMILES string of the molecule is Nc1cnc(N2CC(F)(F)C2)c(F)c1. The number of halogens is 3. The second-order valence-corrected chi connectivity index (χ2v) is 3.29. The van der Waals surface area contributed by atoms with Gasteiger partial charge in [0.25, 0.3) is 5.92 Å². The third kappa shape index (κ3) is 1.47. The molecule has 1 aliphatic heterocycles. The minimum absolute atomic E-state index is 0.0647. The van der Waals surface area contributed by atoms with E-state index in [1.54, 1.807) is 0 Å². The van der Waals surface area contributed by atoms with Crippen molar-refractivity contribution >= 4 is 11.5 Å². The predicted octanol–water partition coefficient (Wildman–Crippen LogP) is 1.26. The summed E-state index contributed by atoms with van der Waals surface area (Å²) in [6, 6.07) is 1.07. The Balaban J connectivity index is 2.19. The van der Waals surface area contributed by atoms with Crippen molar-refractivity contribution < 1.29 is 13.2 Å². The summed E-state index contributed by atoms with van der Waals surface area (Å²) < 4.78 is 38.1. The molecule has 1 aromatic heterocycles. The highest BCUT2D eigenvalue weighted by atomic mass is 19.3.